The number of hydrogen-bond donors (Lipinski definition) is 2. The third kappa shape index (κ3) is 9.55. The quantitative estimate of drug-likeness (QED) is 0.139. The normalized spacial score (nSPS) is 28.5. The smallest absolute Gasteiger partial charge is 0.408 e. The molecule has 0 bridgehead atoms. The zero-order chi connectivity index (χ0) is 37.6. The molecule has 3 fully saturated rings. The molecule has 10 nitrogen and oxygen atoms in total. The molecule has 3 amide bonds. The molecule has 2 saturated carbocycles. The average molecular weight is 839 g/mol. The summed E-state index contributed by atoms with van der Waals surface area (Å²) in [6.45, 7) is 1.70. The van der Waals surface area contributed by atoms with Crippen molar-refractivity contribution in [3.8, 4) is 0 Å². The number of allylic oxidation sites excluding steroid dienone is 1. The van der Waals surface area contributed by atoms with Crippen LogP contribution in [0.2, 0.25) is 0 Å². The van der Waals surface area contributed by atoms with Gasteiger partial charge in [0.2, 0.25) is 19.2 Å². The molecule has 2 aromatic rings. The summed E-state index contributed by atoms with van der Waals surface area (Å²) in [4.78, 5) is 44.3. The van der Waals surface area contributed by atoms with E-state index in [1.165, 1.54) is 11.0 Å². The van der Waals surface area contributed by atoms with Crippen LogP contribution in [0, 0.1) is 17.6 Å². The third-order valence-electron chi connectivity index (χ3n) is 10.5. The number of carbonyl (C=O) groups is 3. The SMILES string of the molecule is CCOP(=O)(Cc1c(F)cccc1F)[C@@]12C[C@@H]1/C=C\CCCCC[C@H](NC(=O)OC1CCCC1)C(=O)N1C[C@@H](OSc3ccc(Br)cc3)C[C@H]1C(=O)N2. The maximum Gasteiger partial charge on any atom is 0.408 e. The Hall–Kier alpha value is -2.77. The minimum Gasteiger partial charge on any atom is -0.446 e. The summed E-state index contributed by atoms with van der Waals surface area (Å²) in [7, 11) is -4.03. The van der Waals surface area contributed by atoms with Crippen molar-refractivity contribution in [3.05, 3.63) is 76.3 Å². The molecule has 2 N–H and O–H groups in total. The van der Waals surface area contributed by atoms with Crippen LogP contribution in [0.25, 0.3) is 0 Å². The van der Waals surface area contributed by atoms with E-state index in [9.17, 15) is 27.7 Å². The second-order valence-electron chi connectivity index (χ2n) is 14.2. The van der Waals surface area contributed by atoms with Gasteiger partial charge in [0.1, 0.15) is 35.1 Å². The Bertz CT molecular complexity index is 1690. The first-order chi connectivity index (χ1) is 25.5. The van der Waals surface area contributed by atoms with Gasteiger partial charge in [0.15, 0.2) is 0 Å². The highest BCUT2D eigenvalue weighted by Crippen LogP contribution is 2.74. The summed E-state index contributed by atoms with van der Waals surface area (Å²) in [5.74, 6) is -3.14. The first-order valence-electron chi connectivity index (χ1n) is 18.5. The van der Waals surface area contributed by atoms with Gasteiger partial charge in [-0.2, -0.15) is 0 Å². The van der Waals surface area contributed by atoms with Gasteiger partial charge in [0.25, 0.3) is 0 Å². The Morgan fingerprint density at radius 3 is 2.47 bits per heavy atom. The van der Waals surface area contributed by atoms with Crippen molar-refractivity contribution >= 4 is 53.2 Å². The molecule has 2 aliphatic carbocycles. The van der Waals surface area contributed by atoms with E-state index >= 15 is 0 Å². The van der Waals surface area contributed by atoms with Crippen molar-refractivity contribution in [1.82, 2.24) is 15.5 Å². The van der Waals surface area contributed by atoms with Crippen molar-refractivity contribution in [3.63, 3.8) is 0 Å². The van der Waals surface area contributed by atoms with Crippen molar-refractivity contribution in [2.24, 2.45) is 5.92 Å². The van der Waals surface area contributed by atoms with Crippen molar-refractivity contribution < 1.29 is 41.2 Å². The lowest BCUT2D eigenvalue weighted by Gasteiger charge is -2.33. The fraction of sp³-hybridized carbons (Fsp3) is 0.553. The highest BCUT2D eigenvalue weighted by atomic mass is 79.9. The lowest BCUT2D eigenvalue weighted by molar-refractivity contribution is -0.140. The minimum atomic E-state index is -4.03. The van der Waals surface area contributed by atoms with Gasteiger partial charge in [-0.3, -0.25) is 14.2 Å². The van der Waals surface area contributed by atoms with E-state index in [0.717, 1.165) is 72.1 Å². The lowest BCUT2D eigenvalue weighted by Crippen LogP contribution is -2.55. The van der Waals surface area contributed by atoms with E-state index in [1.54, 1.807) is 6.92 Å². The van der Waals surface area contributed by atoms with E-state index in [-0.39, 0.29) is 37.7 Å². The van der Waals surface area contributed by atoms with Gasteiger partial charge in [-0.25, -0.2) is 13.6 Å². The molecule has 2 aliphatic heterocycles. The van der Waals surface area contributed by atoms with Gasteiger partial charge in [0.05, 0.1) is 18.9 Å². The molecule has 1 saturated heterocycles. The molecule has 6 rings (SSSR count). The number of nitrogens with one attached hydrogen (secondary N) is 2. The standard InChI is InChI=1S/C38H47BrF2N3O7PS/c1-2-49-52(48,24-30-31(40)14-10-15-32(30)41)38-22-25(38)11-6-4-3-5-7-16-33(42-37(47)50-27-12-8-9-13-27)36(46)44-23-28(21-34(44)35(45)43-38)51-53-29-19-17-26(39)18-20-29/h6,10-11,14-15,17-20,25,27-28,33-34H,2-5,7-9,12-13,16,21-24H2,1H3,(H,42,47)(H,43,45)/b11-6-/t25-,28-,33-,34-,38-,52?/m0/s1. The number of ether oxygens (including phenoxy) is 1. The van der Waals surface area contributed by atoms with Gasteiger partial charge in [-0.1, -0.05) is 47.0 Å². The molecule has 15 heteroatoms. The molecule has 1 unspecified atom stereocenters. The summed E-state index contributed by atoms with van der Waals surface area (Å²) in [5, 5.41) is 4.38. The summed E-state index contributed by atoms with van der Waals surface area (Å²) in [6, 6.07) is 8.97. The highest BCUT2D eigenvalue weighted by Gasteiger charge is 2.67. The maximum atomic E-state index is 15.0. The van der Waals surface area contributed by atoms with Crippen LogP contribution >= 0.6 is 35.3 Å². The zero-order valence-corrected chi connectivity index (χ0v) is 33.1. The van der Waals surface area contributed by atoms with Gasteiger partial charge in [0, 0.05) is 45.9 Å². The van der Waals surface area contributed by atoms with Crippen molar-refractivity contribution in [1.29, 1.82) is 0 Å². The molecule has 288 valence electrons. The summed E-state index contributed by atoms with van der Waals surface area (Å²) in [5.41, 5.74) is -0.368. The average Bonchev–Trinajstić information content (AvgIpc) is 3.41. The Morgan fingerprint density at radius 2 is 1.75 bits per heavy atom. The predicted octanol–water partition coefficient (Wildman–Crippen LogP) is 8.63. The second kappa shape index (κ2) is 17.8. The van der Waals surface area contributed by atoms with E-state index in [0.29, 0.717) is 19.3 Å². The maximum absolute atomic E-state index is 15.0. The first-order valence-corrected chi connectivity index (χ1v) is 21.9. The number of carbonyl (C=O) groups excluding carboxylic acids is 3. The second-order valence-corrected chi connectivity index (χ2v) is 18.7. The summed E-state index contributed by atoms with van der Waals surface area (Å²) in [6.07, 6.45) is 9.07. The molecular formula is C38H47BrF2N3O7PS. The fourth-order valence-corrected chi connectivity index (χ4v) is 11.6. The molecular weight excluding hydrogens is 791 g/mol. The van der Waals surface area contributed by atoms with Gasteiger partial charge in [-0.15, -0.1) is 0 Å². The number of amides is 3. The first kappa shape index (κ1) is 39.9. The number of rotatable bonds is 10. The molecule has 2 aromatic carbocycles. The number of halogens is 3. The minimum absolute atomic E-state index is 0.0110. The van der Waals surface area contributed by atoms with Crippen LogP contribution in [-0.2, 0) is 33.8 Å². The Labute approximate surface area is 322 Å². The largest absolute Gasteiger partial charge is 0.446 e. The monoisotopic (exact) mass is 837 g/mol. The number of fused-ring (bicyclic) bond motifs is 2. The molecule has 2 heterocycles. The molecule has 53 heavy (non-hydrogen) atoms. The van der Waals surface area contributed by atoms with E-state index < -0.39 is 72.5 Å². The Balaban J connectivity index is 1.30. The fourth-order valence-electron chi connectivity index (χ4n) is 7.64. The number of alkyl carbamates (subject to hydrolysis) is 1. The highest BCUT2D eigenvalue weighted by molar-refractivity contribution is 9.10. The predicted molar refractivity (Wildman–Crippen MR) is 201 cm³/mol. The number of nitrogens with zero attached hydrogens (tertiary/aromatic N) is 1. The Morgan fingerprint density at radius 1 is 1.04 bits per heavy atom. The number of benzene rings is 2. The van der Waals surface area contributed by atoms with E-state index in [2.05, 4.69) is 26.6 Å². The van der Waals surface area contributed by atoms with Crippen LogP contribution in [-0.4, -0.2) is 65.5 Å². The van der Waals surface area contributed by atoms with Gasteiger partial charge >= 0.3 is 6.09 Å². The van der Waals surface area contributed by atoms with Crippen LogP contribution in [0.3, 0.4) is 0 Å². The number of hydrogen-bond acceptors (Lipinski definition) is 8. The van der Waals surface area contributed by atoms with Crippen LogP contribution < -0.4 is 10.6 Å². The third-order valence-corrected chi connectivity index (χ3v) is 15.1. The van der Waals surface area contributed by atoms with Gasteiger partial charge in [-0.05, 0) is 94.7 Å². The van der Waals surface area contributed by atoms with Crippen LogP contribution in [0.15, 0.2) is 64.0 Å². The molecule has 6 atom stereocenters. The Kier molecular flexibility index (Phi) is 13.4. The van der Waals surface area contributed by atoms with E-state index in [4.69, 9.17) is 13.4 Å². The van der Waals surface area contributed by atoms with Crippen LogP contribution in [0.5, 0.6) is 0 Å². The van der Waals surface area contributed by atoms with Crippen molar-refractivity contribution in [2.45, 2.75) is 118 Å². The topological polar surface area (TPSA) is 123 Å². The molecule has 0 radical (unpaired) electrons. The van der Waals surface area contributed by atoms with Gasteiger partial charge < -0.3 is 29.0 Å². The van der Waals surface area contributed by atoms with Crippen LogP contribution in [0.4, 0.5) is 13.6 Å². The molecule has 4 aliphatic rings. The zero-order valence-electron chi connectivity index (χ0n) is 29.8. The molecule has 0 spiro atoms. The van der Waals surface area contributed by atoms with Crippen LogP contribution in [0.1, 0.15) is 83.1 Å². The molecule has 0 aromatic heterocycles. The lowest BCUT2D eigenvalue weighted by atomic mass is 10.0. The summed E-state index contributed by atoms with van der Waals surface area (Å²) < 4.78 is 63.6. The van der Waals surface area contributed by atoms with E-state index in [1.807, 2.05) is 36.4 Å². The summed E-state index contributed by atoms with van der Waals surface area (Å²) >= 11 is 4.57. The van der Waals surface area contributed by atoms with Crippen molar-refractivity contribution in [2.75, 3.05) is 13.2 Å².